The summed E-state index contributed by atoms with van der Waals surface area (Å²) < 4.78 is 39.4. The van der Waals surface area contributed by atoms with E-state index in [2.05, 4.69) is 30.6 Å². The van der Waals surface area contributed by atoms with E-state index in [1.165, 1.54) is 12.1 Å². The summed E-state index contributed by atoms with van der Waals surface area (Å²) in [6.07, 6.45) is -2.28. The molecule has 1 fully saturated rings. The van der Waals surface area contributed by atoms with Crippen molar-refractivity contribution in [2.45, 2.75) is 44.9 Å². The van der Waals surface area contributed by atoms with Crippen molar-refractivity contribution >= 4 is 11.9 Å². The molecular weight excluding hydrogens is 405 g/mol. The van der Waals surface area contributed by atoms with Crippen LogP contribution in [0.1, 0.15) is 44.0 Å². The first kappa shape index (κ1) is 21.0. The zero-order valence-electron chi connectivity index (χ0n) is 17.2. The molecule has 4 rings (SSSR count). The highest BCUT2D eigenvalue weighted by atomic mass is 19.4. The fourth-order valence-corrected chi connectivity index (χ4v) is 3.27. The predicted molar refractivity (Wildman–Crippen MR) is 112 cm³/mol. The first-order valence-corrected chi connectivity index (χ1v) is 10.2. The van der Waals surface area contributed by atoms with Crippen LogP contribution in [0.4, 0.5) is 25.1 Å². The number of nitrogens with zero attached hydrogens (tertiary/aromatic N) is 4. The fraction of sp³-hybridized carbons (Fsp3) is 0.364. The SMILES string of the molecule is CC(Nc1nc(NC(C)C2CC2)nc(-c2cccc(C(F)(F)F)n2)n1)c1ccccc1. The molecule has 2 heterocycles. The Labute approximate surface area is 178 Å². The van der Waals surface area contributed by atoms with E-state index in [4.69, 9.17) is 0 Å². The van der Waals surface area contributed by atoms with Crippen LogP contribution in [0.2, 0.25) is 0 Å². The molecular formula is C22H23F3N6. The molecule has 1 aliphatic rings. The van der Waals surface area contributed by atoms with Crippen molar-refractivity contribution in [1.82, 2.24) is 19.9 Å². The average Bonchev–Trinajstić information content (AvgIpc) is 3.59. The molecule has 162 valence electrons. The zero-order valence-corrected chi connectivity index (χ0v) is 17.2. The molecule has 2 aromatic heterocycles. The van der Waals surface area contributed by atoms with Crippen LogP contribution in [0.3, 0.4) is 0 Å². The number of hydrogen-bond acceptors (Lipinski definition) is 6. The summed E-state index contributed by atoms with van der Waals surface area (Å²) in [7, 11) is 0. The maximum Gasteiger partial charge on any atom is 0.433 e. The number of nitrogens with one attached hydrogen (secondary N) is 2. The second kappa shape index (κ2) is 8.49. The minimum Gasteiger partial charge on any atom is -0.351 e. The van der Waals surface area contributed by atoms with Gasteiger partial charge >= 0.3 is 6.18 Å². The molecule has 9 heteroatoms. The smallest absolute Gasteiger partial charge is 0.351 e. The van der Waals surface area contributed by atoms with E-state index in [0.717, 1.165) is 24.5 Å². The van der Waals surface area contributed by atoms with Gasteiger partial charge in [-0.3, -0.25) is 0 Å². The summed E-state index contributed by atoms with van der Waals surface area (Å²) in [5.41, 5.74) is 0.0794. The van der Waals surface area contributed by atoms with Gasteiger partial charge in [0.05, 0.1) is 6.04 Å². The number of rotatable bonds is 7. The lowest BCUT2D eigenvalue weighted by molar-refractivity contribution is -0.141. The molecule has 6 nitrogen and oxygen atoms in total. The fourth-order valence-electron chi connectivity index (χ4n) is 3.27. The van der Waals surface area contributed by atoms with Gasteiger partial charge in [-0.15, -0.1) is 0 Å². The Kier molecular flexibility index (Phi) is 5.75. The molecule has 1 aliphatic carbocycles. The van der Waals surface area contributed by atoms with Gasteiger partial charge in [0.25, 0.3) is 0 Å². The first-order valence-electron chi connectivity index (χ1n) is 10.2. The van der Waals surface area contributed by atoms with Crippen molar-refractivity contribution < 1.29 is 13.2 Å². The van der Waals surface area contributed by atoms with E-state index in [9.17, 15) is 13.2 Å². The molecule has 0 saturated heterocycles. The van der Waals surface area contributed by atoms with Crippen molar-refractivity contribution in [3.63, 3.8) is 0 Å². The lowest BCUT2D eigenvalue weighted by atomic mass is 10.1. The number of hydrogen-bond donors (Lipinski definition) is 2. The van der Waals surface area contributed by atoms with E-state index < -0.39 is 11.9 Å². The van der Waals surface area contributed by atoms with Crippen molar-refractivity contribution in [2.75, 3.05) is 10.6 Å². The summed E-state index contributed by atoms with van der Waals surface area (Å²) in [5, 5.41) is 6.48. The standard InChI is InChI=1S/C22H23F3N6/c1-13(15-7-4-3-5-8-15)26-20-29-19(17-9-6-10-18(28-17)22(23,24)25)30-21(31-20)27-14(2)16-11-12-16/h3-10,13-14,16H,11-12H2,1-2H3,(H2,26,27,29,30,31). The Balaban J connectivity index is 1.67. The van der Waals surface area contributed by atoms with Crippen LogP contribution < -0.4 is 10.6 Å². The van der Waals surface area contributed by atoms with E-state index in [1.54, 1.807) is 0 Å². The van der Waals surface area contributed by atoms with Crippen molar-refractivity contribution in [3.8, 4) is 11.5 Å². The van der Waals surface area contributed by atoms with Crippen LogP contribution in [-0.2, 0) is 6.18 Å². The van der Waals surface area contributed by atoms with Crippen LogP contribution in [0.15, 0.2) is 48.5 Å². The summed E-state index contributed by atoms with van der Waals surface area (Å²) in [4.78, 5) is 16.9. The summed E-state index contributed by atoms with van der Waals surface area (Å²) >= 11 is 0. The molecule has 1 aromatic carbocycles. The predicted octanol–water partition coefficient (Wildman–Crippen LogP) is 5.34. The third-order valence-corrected chi connectivity index (χ3v) is 5.24. The summed E-state index contributed by atoms with van der Waals surface area (Å²) in [6, 6.07) is 13.5. The largest absolute Gasteiger partial charge is 0.433 e. The molecule has 0 spiro atoms. The van der Waals surface area contributed by atoms with Gasteiger partial charge in [-0.1, -0.05) is 36.4 Å². The van der Waals surface area contributed by atoms with Crippen molar-refractivity contribution in [3.05, 3.63) is 59.8 Å². The number of benzene rings is 1. The highest BCUT2D eigenvalue weighted by Crippen LogP contribution is 2.34. The maximum absolute atomic E-state index is 13.1. The monoisotopic (exact) mass is 428 g/mol. The summed E-state index contributed by atoms with van der Waals surface area (Å²) in [5.74, 6) is 1.21. The van der Waals surface area contributed by atoms with Gasteiger partial charge in [0.2, 0.25) is 11.9 Å². The lowest BCUT2D eigenvalue weighted by Crippen LogP contribution is -2.20. The van der Waals surface area contributed by atoms with Gasteiger partial charge in [-0.05, 0) is 50.3 Å². The second-order valence-electron chi connectivity index (χ2n) is 7.76. The van der Waals surface area contributed by atoms with Crippen LogP contribution in [0, 0.1) is 5.92 Å². The van der Waals surface area contributed by atoms with E-state index >= 15 is 0 Å². The molecule has 0 radical (unpaired) electrons. The van der Waals surface area contributed by atoms with Gasteiger partial charge in [0, 0.05) is 6.04 Å². The third kappa shape index (κ3) is 5.28. The maximum atomic E-state index is 13.1. The highest BCUT2D eigenvalue weighted by molar-refractivity contribution is 5.54. The van der Waals surface area contributed by atoms with Gasteiger partial charge in [-0.25, -0.2) is 4.98 Å². The molecule has 0 amide bonds. The van der Waals surface area contributed by atoms with Crippen molar-refractivity contribution in [2.24, 2.45) is 5.92 Å². The Hall–Kier alpha value is -3.23. The molecule has 31 heavy (non-hydrogen) atoms. The van der Waals surface area contributed by atoms with Gasteiger partial charge in [-0.2, -0.15) is 28.1 Å². The van der Waals surface area contributed by atoms with Crippen LogP contribution >= 0.6 is 0 Å². The third-order valence-electron chi connectivity index (χ3n) is 5.24. The molecule has 0 bridgehead atoms. The average molecular weight is 428 g/mol. The molecule has 1 saturated carbocycles. The Morgan fingerprint density at radius 2 is 1.52 bits per heavy atom. The van der Waals surface area contributed by atoms with Gasteiger partial charge < -0.3 is 10.6 Å². The Morgan fingerprint density at radius 1 is 0.839 bits per heavy atom. The van der Waals surface area contributed by atoms with Crippen molar-refractivity contribution in [1.29, 1.82) is 0 Å². The van der Waals surface area contributed by atoms with E-state index in [-0.39, 0.29) is 29.6 Å². The zero-order chi connectivity index (χ0) is 22.0. The number of anilines is 2. The second-order valence-corrected chi connectivity index (χ2v) is 7.76. The Bertz CT molecular complexity index is 1040. The van der Waals surface area contributed by atoms with Gasteiger partial charge in [0.15, 0.2) is 5.82 Å². The molecule has 2 N–H and O–H groups in total. The van der Waals surface area contributed by atoms with Crippen LogP contribution in [-0.4, -0.2) is 26.0 Å². The number of pyridine rings is 1. The number of halogens is 3. The molecule has 2 atom stereocenters. The van der Waals surface area contributed by atoms with E-state index in [1.807, 2.05) is 44.2 Å². The normalized spacial score (nSPS) is 15.9. The first-order chi connectivity index (χ1) is 14.8. The van der Waals surface area contributed by atoms with Crippen LogP contribution in [0.25, 0.3) is 11.5 Å². The minimum atomic E-state index is -4.55. The summed E-state index contributed by atoms with van der Waals surface area (Å²) in [6.45, 7) is 4.00. The number of aromatic nitrogens is 4. The highest BCUT2D eigenvalue weighted by Gasteiger charge is 2.33. The van der Waals surface area contributed by atoms with E-state index in [0.29, 0.717) is 11.9 Å². The van der Waals surface area contributed by atoms with Crippen LogP contribution in [0.5, 0.6) is 0 Å². The lowest BCUT2D eigenvalue weighted by Gasteiger charge is -2.17. The minimum absolute atomic E-state index is 0.0368. The molecule has 0 aliphatic heterocycles. The quantitative estimate of drug-likeness (QED) is 0.529. The molecule has 3 aromatic rings. The number of alkyl halides is 3. The Morgan fingerprint density at radius 3 is 2.16 bits per heavy atom. The molecule has 2 unspecified atom stereocenters. The topological polar surface area (TPSA) is 75.6 Å². The van der Waals surface area contributed by atoms with Gasteiger partial charge in [0.1, 0.15) is 11.4 Å².